The third-order valence-electron chi connectivity index (χ3n) is 2.84. The second kappa shape index (κ2) is 4.48. The highest BCUT2D eigenvalue weighted by Crippen LogP contribution is 2.22. The zero-order valence-corrected chi connectivity index (χ0v) is 9.54. The fourth-order valence-electron chi connectivity index (χ4n) is 1.99. The summed E-state index contributed by atoms with van der Waals surface area (Å²) >= 11 is 0. The molecule has 1 aliphatic heterocycles. The van der Waals surface area contributed by atoms with E-state index in [-0.39, 0.29) is 12.1 Å². The van der Waals surface area contributed by atoms with Crippen LogP contribution < -0.4 is 10.5 Å². The number of ether oxygens (including phenoxy) is 1. The molecule has 1 saturated heterocycles. The predicted octanol–water partition coefficient (Wildman–Crippen LogP) is 1.18. The Labute approximate surface area is 99.0 Å². The normalized spacial score (nSPS) is 23.7. The van der Waals surface area contributed by atoms with Gasteiger partial charge in [-0.15, -0.1) is 0 Å². The van der Waals surface area contributed by atoms with Gasteiger partial charge in [-0.05, 0) is 19.1 Å². The topological polar surface area (TPSA) is 88.7 Å². The molecule has 0 unspecified atom stereocenters. The van der Waals surface area contributed by atoms with Gasteiger partial charge in [-0.25, -0.2) is 9.78 Å². The third-order valence-corrected chi connectivity index (χ3v) is 2.84. The van der Waals surface area contributed by atoms with Gasteiger partial charge in [-0.2, -0.15) is 0 Å². The zero-order valence-electron chi connectivity index (χ0n) is 9.54. The molecule has 2 atom stereocenters. The summed E-state index contributed by atoms with van der Waals surface area (Å²) in [6, 6.07) is 3.37. The van der Waals surface area contributed by atoms with Gasteiger partial charge in [0.1, 0.15) is 17.7 Å². The number of nitrogens with zero attached hydrogens (tertiary/aromatic N) is 2. The van der Waals surface area contributed by atoms with Gasteiger partial charge in [0.15, 0.2) is 0 Å². The van der Waals surface area contributed by atoms with Crippen LogP contribution >= 0.6 is 0 Å². The maximum Gasteiger partial charge on any atom is 0.407 e. The van der Waals surface area contributed by atoms with Crippen LogP contribution in [0.4, 0.5) is 10.6 Å². The van der Waals surface area contributed by atoms with Crippen LogP contribution in [0.15, 0.2) is 18.3 Å². The molecule has 92 valence electrons. The molecule has 0 spiro atoms. The van der Waals surface area contributed by atoms with E-state index in [9.17, 15) is 4.79 Å². The number of nitrogens with two attached hydrogens (primary N) is 1. The largest absolute Gasteiger partial charge is 0.487 e. The van der Waals surface area contributed by atoms with Crippen LogP contribution in [-0.4, -0.2) is 39.8 Å². The first-order valence-electron chi connectivity index (χ1n) is 5.44. The van der Waals surface area contributed by atoms with Crippen LogP contribution in [0.3, 0.4) is 0 Å². The third kappa shape index (κ3) is 2.58. The Kier molecular flexibility index (Phi) is 3.03. The van der Waals surface area contributed by atoms with Crippen LogP contribution in [-0.2, 0) is 0 Å². The Morgan fingerprint density at radius 2 is 2.41 bits per heavy atom. The molecule has 3 N–H and O–H groups in total. The summed E-state index contributed by atoms with van der Waals surface area (Å²) in [5, 5.41) is 8.95. The van der Waals surface area contributed by atoms with Crippen LogP contribution in [0.25, 0.3) is 0 Å². The summed E-state index contributed by atoms with van der Waals surface area (Å²) < 4.78 is 5.66. The Bertz CT molecular complexity index is 407. The van der Waals surface area contributed by atoms with Crippen molar-refractivity contribution in [1.82, 2.24) is 9.88 Å². The molecule has 0 bridgehead atoms. The van der Waals surface area contributed by atoms with Gasteiger partial charge in [0.2, 0.25) is 0 Å². The molecule has 0 radical (unpaired) electrons. The van der Waals surface area contributed by atoms with E-state index in [0.29, 0.717) is 24.5 Å². The highest BCUT2D eigenvalue weighted by molar-refractivity contribution is 5.65. The molecule has 0 saturated carbocycles. The molecule has 0 aliphatic carbocycles. The van der Waals surface area contributed by atoms with Crippen LogP contribution in [0.5, 0.6) is 5.75 Å². The van der Waals surface area contributed by atoms with E-state index in [2.05, 4.69) is 4.98 Å². The second-order valence-electron chi connectivity index (χ2n) is 4.18. The fourth-order valence-corrected chi connectivity index (χ4v) is 1.99. The van der Waals surface area contributed by atoms with Crippen LogP contribution in [0.1, 0.15) is 13.3 Å². The van der Waals surface area contributed by atoms with Crippen molar-refractivity contribution in [2.45, 2.75) is 25.5 Å². The molecular formula is C11H15N3O3. The quantitative estimate of drug-likeness (QED) is 0.806. The molecule has 2 heterocycles. The van der Waals surface area contributed by atoms with E-state index in [4.69, 9.17) is 15.6 Å². The maximum absolute atomic E-state index is 10.9. The molecule has 1 aromatic rings. The number of hydrogen-bond acceptors (Lipinski definition) is 4. The van der Waals surface area contributed by atoms with E-state index in [1.54, 1.807) is 18.3 Å². The number of aromatic nitrogens is 1. The van der Waals surface area contributed by atoms with Gasteiger partial charge in [0.25, 0.3) is 0 Å². The van der Waals surface area contributed by atoms with Crippen molar-refractivity contribution in [3.63, 3.8) is 0 Å². The number of nitrogen functional groups attached to an aromatic ring is 1. The Balaban J connectivity index is 1.97. The number of pyridine rings is 1. The van der Waals surface area contributed by atoms with Crippen LogP contribution in [0.2, 0.25) is 0 Å². The van der Waals surface area contributed by atoms with Gasteiger partial charge in [0, 0.05) is 12.5 Å². The zero-order chi connectivity index (χ0) is 12.4. The Hall–Kier alpha value is -1.98. The molecule has 6 nitrogen and oxygen atoms in total. The van der Waals surface area contributed by atoms with Gasteiger partial charge < -0.3 is 20.5 Å². The monoisotopic (exact) mass is 237 g/mol. The summed E-state index contributed by atoms with van der Waals surface area (Å²) in [6.45, 7) is 2.26. The van der Waals surface area contributed by atoms with E-state index in [1.165, 1.54) is 4.90 Å². The van der Waals surface area contributed by atoms with Crippen molar-refractivity contribution in [3.05, 3.63) is 18.3 Å². The van der Waals surface area contributed by atoms with E-state index < -0.39 is 6.09 Å². The number of anilines is 1. The minimum atomic E-state index is -0.904. The lowest BCUT2D eigenvalue weighted by atomic mass is 10.2. The summed E-state index contributed by atoms with van der Waals surface area (Å²) in [7, 11) is 0. The molecule has 6 heteroatoms. The molecule has 0 aromatic carbocycles. The smallest absolute Gasteiger partial charge is 0.407 e. The average molecular weight is 237 g/mol. The van der Waals surface area contributed by atoms with E-state index >= 15 is 0 Å². The highest BCUT2D eigenvalue weighted by atomic mass is 16.5. The number of amides is 1. The Morgan fingerprint density at radius 3 is 2.94 bits per heavy atom. The minimum absolute atomic E-state index is 0.0146. The molecule has 2 rings (SSSR count). The Morgan fingerprint density at radius 1 is 1.65 bits per heavy atom. The number of carbonyl (C=O) groups is 1. The fraction of sp³-hybridized carbons (Fsp3) is 0.455. The summed E-state index contributed by atoms with van der Waals surface area (Å²) in [6.07, 6.45) is 1.21. The van der Waals surface area contributed by atoms with Gasteiger partial charge in [0.05, 0.1) is 12.7 Å². The van der Waals surface area contributed by atoms with E-state index in [1.807, 2.05) is 6.92 Å². The van der Waals surface area contributed by atoms with Gasteiger partial charge in [-0.3, -0.25) is 0 Å². The highest BCUT2D eigenvalue weighted by Gasteiger charge is 2.33. The first kappa shape index (κ1) is 11.5. The summed E-state index contributed by atoms with van der Waals surface area (Å²) in [5.41, 5.74) is 5.47. The first-order chi connectivity index (χ1) is 8.06. The van der Waals surface area contributed by atoms with Crippen LogP contribution in [0, 0.1) is 0 Å². The number of likely N-dealkylation sites (tertiary alicyclic amines) is 1. The first-order valence-corrected chi connectivity index (χ1v) is 5.44. The molecule has 1 aliphatic rings. The van der Waals surface area contributed by atoms with E-state index in [0.717, 1.165) is 0 Å². The molecule has 1 aromatic heterocycles. The summed E-state index contributed by atoms with van der Waals surface area (Å²) in [5.74, 6) is 1.05. The molecule has 1 amide bonds. The second-order valence-corrected chi connectivity index (χ2v) is 4.18. The van der Waals surface area contributed by atoms with Crippen molar-refractivity contribution < 1.29 is 14.6 Å². The number of carboxylic acid groups (broad SMARTS) is 1. The molecule has 17 heavy (non-hydrogen) atoms. The molecular weight excluding hydrogens is 222 g/mol. The lowest BCUT2D eigenvalue weighted by Crippen LogP contribution is -2.33. The van der Waals surface area contributed by atoms with Crippen molar-refractivity contribution in [2.24, 2.45) is 0 Å². The van der Waals surface area contributed by atoms with Crippen molar-refractivity contribution >= 4 is 11.9 Å². The van der Waals surface area contributed by atoms with Gasteiger partial charge in [-0.1, -0.05) is 0 Å². The van der Waals surface area contributed by atoms with Crippen molar-refractivity contribution in [3.8, 4) is 5.75 Å². The van der Waals surface area contributed by atoms with Gasteiger partial charge >= 0.3 is 6.09 Å². The van der Waals surface area contributed by atoms with Crippen molar-refractivity contribution in [1.29, 1.82) is 0 Å². The SMILES string of the molecule is C[C@@H]1C[C@@H](Oc2ccc(N)nc2)CN1C(=O)O. The maximum atomic E-state index is 10.9. The minimum Gasteiger partial charge on any atom is -0.487 e. The lowest BCUT2D eigenvalue weighted by molar-refractivity contribution is 0.137. The predicted molar refractivity (Wildman–Crippen MR) is 61.9 cm³/mol. The summed E-state index contributed by atoms with van der Waals surface area (Å²) in [4.78, 5) is 16.2. The number of rotatable bonds is 2. The lowest BCUT2D eigenvalue weighted by Gasteiger charge is -2.16. The average Bonchev–Trinajstić information content (AvgIpc) is 2.63. The van der Waals surface area contributed by atoms with Crippen molar-refractivity contribution in [2.75, 3.05) is 12.3 Å². The molecule has 1 fully saturated rings. The number of hydrogen-bond donors (Lipinski definition) is 2. The standard InChI is InChI=1S/C11H15N3O3/c1-7-4-9(6-14(7)11(15)16)17-8-2-3-10(12)13-5-8/h2-3,5,7,9H,4,6H2,1H3,(H2,12,13)(H,15,16)/t7-,9-/m1/s1.